The Morgan fingerprint density at radius 3 is 1.42 bits per heavy atom. The Morgan fingerprint density at radius 2 is 0.969 bits per heavy atom. The average Bonchev–Trinajstić information content (AvgIpc) is 3.24. The van der Waals surface area contributed by atoms with E-state index in [1.165, 1.54) is 17.0 Å². The summed E-state index contributed by atoms with van der Waals surface area (Å²) in [6, 6.07) is 15.5. The highest BCUT2D eigenvalue weighted by atomic mass is 16.4. The lowest BCUT2D eigenvalue weighted by Gasteiger charge is -2.30. The number of carboxylic acids is 2. The maximum Gasteiger partial charge on any atom is 0.326 e. The number of hydrogen-bond donors (Lipinski definition) is 9. The van der Waals surface area contributed by atoms with Crippen molar-refractivity contribution in [3.05, 3.63) is 102 Å². The van der Waals surface area contributed by atoms with Crippen LogP contribution in [0, 0.1) is 17.8 Å². The van der Waals surface area contributed by atoms with E-state index in [1.54, 1.807) is 77.9 Å². The molecule has 0 bridgehead atoms. The van der Waals surface area contributed by atoms with Crippen LogP contribution in [0.4, 0.5) is 0 Å². The lowest BCUT2D eigenvalue weighted by molar-refractivity contribution is -0.144. The van der Waals surface area contributed by atoms with Gasteiger partial charge >= 0.3 is 11.9 Å². The van der Waals surface area contributed by atoms with E-state index in [4.69, 9.17) is 5.73 Å². The molecule has 0 aromatic heterocycles. The highest BCUT2D eigenvalue weighted by Crippen LogP contribution is 2.16. The molecule has 0 saturated carbocycles. The van der Waals surface area contributed by atoms with E-state index < -0.39 is 108 Å². The van der Waals surface area contributed by atoms with Crippen LogP contribution in [0.25, 0.3) is 0 Å². The molecule has 0 saturated heterocycles. The number of phenols is 1. The van der Waals surface area contributed by atoms with Crippen molar-refractivity contribution in [1.82, 2.24) is 31.5 Å². The fourth-order valence-corrected chi connectivity index (χ4v) is 6.79. The largest absolute Gasteiger partial charge is 0.508 e. The van der Waals surface area contributed by atoms with E-state index in [1.807, 2.05) is 36.4 Å². The summed E-state index contributed by atoms with van der Waals surface area (Å²) in [5.41, 5.74) is 8.35. The topological polar surface area (TPSA) is 287 Å². The van der Waals surface area contributed by atoms with Crippen LogP contribution in [0.15, 0.2) is 84.9 Å². The summed E-state index contributed by atoms with van der Waals surface area (Å²) in [5, 5.41) is 41.5. The van der Waals surface area contributed by atoms with Gasteiger partial charge in [-0.2, -0.15) is 0 Å². The normalized spacial score (nSPS) is 13.9. The number of aliphatic carboxylic acids is 2. The monoisotopic (exact) mass is 901 g/mol. The molecule has 0 aliphatic carbocycles. The maximum atomic E-state index is 14.3. The summed E-state index contributed by atoms with van der Waals surface area (Å²) in [7, 11) is 0. The first-order chi connectivity index (χ1) is 30.6. The molecular weight excluding hydrogens is 839 g/mol. The van der Waals surface area contributed by atoms with Gasteiger partial charge in [-0.15, -0.1) is 0 Å². The average molecular weight is 902 g/mol. The van der Waals surface area contributed by atoms with Crippen molar-refractivity contribution in [2.45, 2.75) is 117 Å². The third-order valence-electron chi connectivity index (χ3n) is 10.4. The van der Waals surface area contributed by atoms with Gasteiger partial charge in [0.25, 0.3) is 0 Å². The second-order valence-corrected chi connectivity index (χ2v) is 17.1. The van der Waals surface area contributed by atoms with Crippen molar-refractivity contribution in [3.8, 4) is 5.75 Å². The Balaban J connectivity index is 1.95. The number of nitrogens with one attached hydrogen (secondary N) is 5. The predicted octanol–water partition coefficient (Wildman–Crippen LogP) is 2.22. The zero-order valence-corrected chi connectivity index (χ0v) is 37.7. The third kappa shape index (κ3) is 17.7. The fraction of sp³-hybridized carbons (Fsp3) is 0.447. The fourth-order valence-electron chi connectivity index (χ4n) is 6.79. The Hall–Kier alpha value is -6.82. The lowest BCUT2D eigenvalue weighted by atomic mass is 9.98. The number of carbonyl (C=O) groups excluding carboxylic acids is 6. The number of aromatic hydroxyl groups is 1. The highest BCUT2D eigenvalue weighted by Gasteiger charge is 2.36. The van der Waals surface area contributed by atoms with Crippen molar-refractivity contribution in [2.75, 3.05) is 0 Å². The summed E-state index contributed by atoms with van der Waals surface area (Å²) < 4.78 is 0. The smallest absolute Gasteiger partial charge is 0.326 e. The first kappa shape index (κ1) is 52.5. The van der Waals surface area contributed by atoms with E-state index in [9.17, 15) is 53.7 Å². The number of nitrogens with two attached hydrogens (primary N) is 1. The van der Waals surface area contributed by atoms with Gasteiger partial charge in [-0.1, -0.05) is 114 Å². The van der Waals surface area contributed by atoms with Gasteiger partial charge in [0, 0.05) is 13.1 Å². The molecule has 10 N–H and O–H groups in total. The van der Waals surface area contributed by atoms with Crippen LogP contribution in [-0.2, 0) is 57.9 Å². The molecule has 0 radical (unpaired) electrons. The number of amides is 6. The van der Waals surface area contributed by atoms with Crippen LogP contribution in [0.3, 0.4) is 0 Å². The standard InChI is InChI=1S/C47H63N7O11/c1-27(2)21-37(47(64)65)51-44(61)36(24-39(57)58)49-43(60)35(23-38(56)54(25-31-13-9-7-10-14-31)26-32-15-11-8-12-16-32)50-45(62)40(28(3)4)53-46(63)41(29(5)6)52-42(59)34(48)22-30-17-19-33(55)20-18-30/h7-20,27-29,34-37,40-41,55H,21-26,48H2,1-6H3,(H,49,60)(H,50,62)(H,51,61)(H,52,59)(H,53,63)(H,57,58)(H,64,65)/t34-,35-,36-,37-,40-,41-/m0/s1. The van der Waals surface area contributed by atoms with Crippen molar-refractivity contribution in [3.63, 3.8) is 0 Å². The van der Waals surface area contributed by atoms with Gasteiger partial charge in [0.1, 0.15) is 36.0 Å². The van der Waals surface area contributed by atoms with Crippen molar-refractivity contribution in [1.29, 1.82) is 0 Å². The van der Waals surface area contributed by atoms with Crippen molar-refractivity contribution >= 4 is 47.4 Å². The van der Waals surface area contributed by atoms with Gasteiger partial charge in [0.2, 0.25) is 35.4 Å². The third-order valence-corrected chi connectivity index (χ3v) is 10.4. The molecule has 18 heteroatoms. The van der Waals surface area contributed by atoms with Gasteiger partial charge in [0.05, 0.1) is 18.9 Å². The highest BCUT2D eigenvalue weighted by molar-refractivity contribution is 5.98. The van der Waals surface area contributed by atoms with Crippen LogP contribution in [-0.4, -0.2) is 104 Å². The minimum atomic E-state index is -1.83. The number of benzene rings is 3. The molecule has 0 heterocycles. The summed E-state index contributed by atoms with van der Waals surface area (Å²) in [4.78, 5) is 109. The van der Waals surface area contributed by atoms with Gasteiger partial charge in [0.15, 0.2) is 0 Å². The minimum Gasteiger partial charge on any atom is -0.508 e. The van der Waals surface area contributed by atoms with E-state index >= 15 is 0 Å². The Kier molecular flexibility index (Phi) is 20.6. The lowest BCUT2D eigenvalue weighted by Crippen LogP contribution is -2.61. The second kappa shape index (κ2) is 25.5. The van der Waals surface area contributed by atoms with E-state index in [2.05, 4.69) is 26.6 Å². The van der Waals surface area contributed by atoms with Crippen LogP contribution in [0.5, 0.6) is 5.75 Å². The Labute approximate surface area is 379 Å². The molecule has 18 nitrogen and oxygen atoms in total. The number of hydrogen-bond acceptors (Lipinski definition) is 10. The quantitative estimate of drug-likeness (QED) is 0.0592. The molecule has 0 spiro atoms. The number of rotatable bonds is 25. The van der Waals surface area contributed by atoms with Crippen molar-refractivity contribution in [2.24, 2.45) is 23.5 Å². The second-order valence-electron chi connectivity index (χ2n) is 17.1. The van der Waals surface area contributed by atoms with Gasteiger partial charge in [-0.05, 0) is 59.4 Å². The van der Waals surface area contributed by atoms with Crippen LogP contribution in [0.2, 0.25) is 0 Å². The van der Waals surface area contributed by atoms with E-state index in [-0.39, 0.29) is 37.6 Å². The number of nitrogens with zero attached hydrogens (tertiary/aromatic N) is 1. The zero-order chi connectivity index (χ0) is 48.4. The van der Waals surface area contributed by atoms with Crippen LogP contribution in [0.1, 0.15) is 77.5 Å². The summed E-state index contributed by atoms with van der Waals surface area (Å²) >= 11 is 0. The molecule has 65 heavy (non-hydrogen) atoms. The molecule has 3 rings (SSSR count). The number of carboxylic acid groups (broad SMARTS) is 2. The first-order valence-corrected chi connectivity index (χ1v) is 21.5. The van der Waals surface area contributed by atoms with Gasteiger partial charge in [-0.3, -0.25) is 33.6 Å². The molecule has 3 aromatic rings. The first-order valence-electron chi connectivity index (χ1n) is 21.5. The van der Waals surface area contributed by atoms with E-state index in [0.29, 0.717) is 5.56 Å². The van der Waals surface area contributed by atoms with Gasteiger partial charge in [-0.25, -0.2) is 4.79 Å². The molecule has 0 aliphatic rings. The molecule has 6 amide bonds. The summed E-state index contributed by atoms with van der Waals surface area (Å²) in [6.07, 6.45) is -1.57. The summed E-state index contributed by atoms with van der Waals surface area (Å²) in [6.45, 7) is 10.2. The summed E-state index contributed by atoms with van der Waals surface area (Å²) in [5.74, 6) is -9.33. The Morgan fingerprint density at radius 1 is 0.538 bits per heavy atom. The number of carbonyl (C=O) groups is 8. The molecule has 352 valence electrons. The molecule has 0 aliphatic heterocycles. The Bertz CT molecular complexity index is 2040. The van der Waals surface area contributed by atoms with Crippen molar-refractivity contribution < 1.29 is 53.7 Å². The number of phenolic OH excluding ortho intramolecular Hbond substituents is 1. The SMILES string of the molecule is CC(C)C[C@H](NC(=O)[C@H](CC(=O)O)NC(=O)[C@H](CC(=O)N(Cc1ccccc1)Cc1ccccc1)NC(=O)[C@@H](NC(=O)[C@@H](NC(=O)[C@@H](N)Cc1ccc(O)cc1)C(C)C)C(C)C)C(=O)O. The predicted molar refractivity (Wildman–Crippen MR) is 240 cm³/mol. The van der Waals surface area contributed by atoms with Crippen LogP contribution < -0.4 is 32.3 Å². The molecule has 0 fully saturated rings. The van der Waals surface area contributed by atoms with Gasteiger partial charge < -0.3 is 52.5 Å². The van der Waals surface area contributed by atoms with E-state index in [0.717, 1.165) is 11.1 Å². The zero-order valence-electron chi connectivity index (χ0n) is 37.7. The minimum absolute atomic E-state index is 0.00305. The molecule has 6 atom stereocenters. The van der Waals surface area contributed by atoms with Crippen LogP contribution >= 0.6 is 0 Å². The molecule has 3 aromatic carbocycles. The molecule has 0 unspecified atom stereocenters. The maximum absolute atomic E-state index is 14.3. The molecular formula is C47H63N7O11.